The van der Waals surface area contributed by atoms with Crippen LogP contribution in [0.1, 0.15) is 33.1 Å². The van der Waals surface area contributed by atoms with Gasteiger partial charge in [0.2, 0.25) is 5.91 Å². The quantitative estimate of drug-likeness (QED) is 0.846. The molecule has 0 unspecified atom stereocenters. The molecule has 0 aliphatic carbocycles. The number of nitrogens with zero attached hydrogens (tertiary/aromatic N) is 1. The van der Waals surface area contributed by atoms with Gasteiger partial charge in [-0.25, -0.2) is 4.39 Å². The van der Waals surface area contributed by atoms with Gasteiger partial charge in [-0.3, -0.25) is 4.79 Å². The van der Waals surface area contributed by atoms with Gasteiger partial charge >= 0.3 is 0 Å². The van der Waals surface area contributed by atoms with Crippen molar-refractivity contribution in [1.82, 2.24) is 4.90 Å². The molecule has 1 aliphatic heterocycles. The van der Waals surface area contributed by atoms with E-state index in [0.717, 1.165) is 25.9 Å². The lowest BCUT2D eigenvalue weighted by Gasteiger charge is -2.32. The molecule has 1 fully saturated rings. The predicted molar refractivity (Wildman–Crippen MR) is 76.1 cm³/mol. The third-order valence-electron chi connectivity index (χ3n) is 3.49. The summed E-state index contributed by atoms with van der Waals surface area (Å²) in [5, 5.41) is 0. The molecular formula is C16H22FNO2. The Morgan fingerprint density at radius 2 is 1.90 bits per heavy atom. The molecule has 0 bridgehead atoms. The van der Waals surface area contributed by atoms with Gasteiger partial charge in [0.1, 0.15) is 17.7 Å². The molecule has 0 radical (unpaired) electrons. The maximum Gasteiger partial charge on any atom is 0.222 e. The van der Waals surface area contributed by atoms with E-state index in [0.29, 0.717) is 18.1 Å². The zero-order valence-corrected chi connectivity index (χ0v) is 12.1. The van der Waals surface area contributed by atoms with E-state index < -0.39 is 0 Å². The molecule has 3 nitrogen and oxygen atoms in total. The second-order valence-electron chi connectivity index (χ2n) is 5.75. The largest absolute Gasteiger partial charge is 0.490 e. The highest BCUT2D eigenvalue weighted by Gasteiger charge is 2.24. The van der Waals surface area contributed by atoms with E-state index in [-0.39, 0.29) is 17.8 Å². The molecular weight excluding hydrogens is 257 g/mol. The van der Waals surface area contributed by atoms with Crippen LogP contribution in [0.5, 0.6) is 5.75 Å². The Morgan fingerprint density at radius 3 is 2.45 bits per heavy atom. The number of hydrogen-bond acceptors (Lipinski definition) is 2. The van der Waals surface area contributed by atoms with Gasteiger partial charge in [-0.15, -0.1) is 0 Å². The second kappa shape index (κ2) is 6.73. The number of ether oxygens (including phenoxy) is 1. The predicted octanol–water partition coefficient (Wildman–Crippen LogP) is 3.24. The number of hydrogen-bond donors (Lipinski definition) is 0. The zero-order chi connectivity index (χ0) is 14.5. The molecule has 1 saturated heterocycles. The Balaban J connectivity index is 1.79. The van der Waals surface area contributed by atoms with Crippen LogP contribution < -0.4 is 4.74 Å². The van der Waals surface area contributed by atoms with Crippen LogP contribution in [-0.2, 0) is 4.79 Å². The van der Waals surface area contributed by atoms with E-state index in [4.69, 9.17) is 4.74 Å². The van der Waals surface area contributed by atoms with Crippen LogP contribution in [0.4, 0.5) is 4.39 Å². The first-order valence-corrected chi connectivity index (χ1v) is 7.24. The average Bonchev–Trinajstić information content (AvgIpc) is 2.41. The normalized spacial score (nSPS) is 16.5. The maximum atomic E-state index is 12.8. The van der Waals surface area contributed by atoms with Gasteiger partial charge in [0, 0.05) is 32.4 Å². The van der Waals surface area contributed by atoms with Gasteiger partial charge in [-0.2, -0.15) is 0 Å². The first-order chi connectivity index (χ1) is 9.54. The van der Waals surface area contributed by atoms with Crippen molar-refractivity contribution in [1.29, 1.82) is 0 Å². The van der Waals surface area contributed by atoms with Crippen molar-refractivity contribution in [3.8, 4) is 5.75 Å². The second-order valence-corrected chi connectivity index (χ2v) is 5.75. The highest BCUT2D eigenvalue weighted by Crippen LogP contribution is 2.20. The van der Waals surface area contributed by atoms with Crippen molar-refractivity contribution in [2.24, 2.45) is 5.92 Å². The molecule has 1 aromatic rings. The summed E-state index contributed by atoms with van der Waals surface area (Å²) in [6.45, 7) is 5.61. The van der Waals surface area contributed by atoms with Crippen molar-refractivity contribution < 1.29 is 13.9 Å². The van der Waals surface area contributed by atoms with Gasteiger partial charge in [0.15, 0.2) is 0 Å². The van der Waals surface area contributed by atoms with E-state index in [1.165, 1.54) is 12.1 Å². The number of carbonyl (C=O) groups is 1. The maximum absolute atomic E-state index is 12.8. The lowest BCUT2D eigenvalue weighted by atomic mass is 10.0. The van der Waals surface area contributed by atoms with Gasteiger partial charge in [0.05, 0.1) is 0 Å². The third-order valence-corrected chi connectivity index (χ3v) is 3.49. The number of carbonyl (C=O) groups excluding carboxylic acids is 1. The topological polar surface area (TPSA) is 29.5 Å². The summed E-state index contributed by atoms with van der Waals surface area (Å²) in [6, 6.07) is 6.09. The van der Waals surface area contributed by atoms with Crippen molar-refractivity contribution in [3.05, 3.63) is 30.1 Å². The Bertz CT molecular complexity index is 436. The lowest BCUT2D eigenvalue weighted by Crippen LogP contribution is -2.42. The minimum Gasteiger partial charge on any atom is -0.490 e. The number of halogens is 1. The first-order valence-electron chi connectivity index (χ1n) is 7.24. The molecule has 1 heterocycles. The number of benzene rings is 1. The summed E-state index contributed by atoms with van der Waals surface area (Å²) in [7, 11) is 0. The molecule has 2 rings (SSSR count). The Morgan fingerprint density at radius 1 is 1.30 bits per heavy atom. The third kappa shape index (κ3) is 4.22. The standard InChI is InChI=1S/C16H22FNO2/c1-12(2)11-16(19)18-9-7-15(8-10-18)20-14-5-3-13(17)4-6-14/h3-6,12,15H,7-11H2,1-2H3. The van der Waals surface area contributed by atoms with Crippen molar-refractivity contribution in [2.45, 2.75) is 39.2 Å². The van der Waals surface area contributed by atoms with E-state index >= 15 is 0 Å². The minimum atomic E-state index is -0.258. The monoisotopic (exact) mass is 279 g/mol. The van der Waals surface area contributed by atoms with Gasteiger partial charge in [0.25, 0.3) is 0 Å². The Labute approximate surface area is 119 Å². The first kappa shape index (κ1) is 14.8. The molecule has 110 valence electrons. The highest BCUT2D eigenvalue weighted by atomic mass is 19.1. The molecule has 1 amide bonds. The van der Waals surface area contributed by atoms with Crippen LogP contribution in [0.2, 0.25) is 0 Å². The molecule has 4 heteroatoms. The van der Waals surface area contributed by atoms with E-state index in [1.54, 1.807) is 12.1 Å². The summed E-state index contributed by atoms with van der Waals surface area (Å²) in [4.78, 5) is 13.9. The van der Waals surface area contributed by atoms with Crippen molar-refractivity contribution in [3.63, 3.8) is 0 Å². The van der Waals surface area contributed by atoms with Crippen LogP contribution in [-0.4, -0.2) is 30.0 Å². The Hall–Kier alpha value is -1.58. The summed E-state index contributed by atoms with van der Waals surface area (Å²) in [5.41, 5.74) is 0. The molecule has 0 spiro atoms. The van der Waals surface area contributed by atoms with Crippen molar-refractivity contribution in [2.75, 3.05) is 13.1 Å². The van der Waals surface area contributed by atoms with Gasteiger partial charge < -0.3 is 9.64 Å². The average molecular weight is 279 g/mol. The van der Waals surface area contributed by atoms with E-state index in [2.05, 4.69) is 13.8 Å². The molecule has 0 atom stereocenters. The number of piperidine rings is 1. The van der Waals surface area contributed by atoms with Crippen LogP contribution in [0.25, 0.3) is 0 Å². The fourth-order valence-electron chi connectivity index (χ4n) is 2.41. The molecule has 0 N–H and O–H groups in total. The summed E-state index contributed by atoms with van der Waals surface area (Å²) >= 11 is 0. The smallest absolute Gasteiger partial charge is 0.222 e. The fraction of sp³-hybridized carbons (Fsp3) is 0.562. The number of amides is 1. The summed E-state index contributed by atoms with van der Waals surface area (Å²) in [5.74, 6) is 1.07. The zero-order valence-electron chi connectivity index (χ0n) is 12.1. The SMILES string of the molecule is CC(C)CC(=O)N1CCC(Oc2ccc(F)cc2)CC1. The number of likely N-dealkylation sites (tertiary alicyclic amines) is 1. The fourth-order valence-corrected chi connectivity index (χ4v) is 2.41. The molecule has 1 aromatic carbocycles. The van der Waals surface area contributed by atoms with E-state index in [9.17, 15) is 9.18 Å². The van der Waals surface area contributed by atoms with Gasteiger partial charge in [-0.1, -0.05) is 13.8 Å². The van der Waals surface area contributed by atoms with Crippen LogP contribution in [0.3, 0.4) is 0 Å². The number of rotatable bonds is 4. The Kier molecular flexibility index (Phi) is 4.99. The highest BCUT2D eigenvalue weighted by molar-refractivity contribution is 5.76. The molecule has 0 saturated carbocycles. The van der Waals surface area contributed by atoms with Gasteiger partial charge in [-0.05, 0) is 30.2 Å². The van der Waals surface area contributed by atoms with Crippen LogP contribution in [0.15, 0.2) is 24.3 Å². The summed E-state index contributed by atoms with van der Waals surface area (Å²) < 4.78 is 18.6. The van der Waals surface area contributed by atoms with Crippen molar-refractivity contribution >= 4 is 5.91 Å². The van der Waals surface area contributed by atoms with Crippen LogP contribution in [0, 0.1) is 11.7 Å². The molecule has 0 aromatic heterocycles. The lowest BCUT2D eigenvalue weighted by molar-refractivity contribution is -0.133. The molecule has 20 heavy (non-hydrogen) atoms. The van der Waals surface area contributed by atoms with Crippen LogP contribution >= 0.6 is 0 Å². The minimum absolute atomic E-state index is 0.114. The van der Waals surface area contributed by atoms with E-state index in [1.807, 2.05) is 4.90 Å². The molecule has 1 aliphatic rings. The summed E-state index contributed by atoms with van der Waals surface area (Å²) in [6.07, 6.45) is 2.40.